The van der Waals surface area contributed by atoms with Crippen molar-refractivity contribution in [2.24, 2.45) is 0 Å². The fraction of sp³-hybridized carbons (Fsp3) is 0.500. The van der Waals surface area contributed by atoms with Crippen molar-refractivity contribution in [1.82, 2.24) is 25.0 Å². The van der Waals surface area contributed by atoms with Crippen LogP contribution >= 0.6 is 11.3 Å². The number of rotatable bonds is 3. The molecule has 7 heteroatoms. The van der Waals surface area contributed by atoms with Crippen molar-refractivity contribution in [2.75, 3.05) is 26.2 Å². The summed E-state index contributed by atoms with van der Waals surface area (Å²) < 4.78 is 0. The summed E-state index contributed by atoms with van der Waals surface area (Å²) in [7, 11) is 0. The van der Waals surface area contributed by atoms with Crippen LogP contribution in [0.2, 0.25) is 0 Å². The van der Waals surface area contributed by atoms with Crippen LogP contribution in [-0.4, -0.2) is 57.1 Å². The summed E-state index contributed by atoms with van der Waals surface area (Å²) in [6, 6.07) is 0. The first-order valence-electron chi connectivity index (χ1n) is 7.06. The molecule has 1 fully saturated rings. The van der Waals surface area contributed by atoms with Gasteiger partial charge in [0, 0.05) is 43.8 Å². The average molecular weight is 305 g/mol. The molecule has 0 spiro atoms. The van der Waals surface area contributed by atoms with E-state index in [0.29, 0.717) is 5.56 Å². The Labute approximate surface area is 127 Å². The maximum atomic E-state index is 12.4. The van der Waals surface area contributed by atoms with Crippen molar-refractivity contribution in [3.63, 3.8) is 0 Å². The summed E-state index contributed by atoms with van der Waals surface area (Å²) in [5.41, 5.74) is 2.64. The second-order valence-corrected chi connectivity index (χ2v) is 6.40. The molecular weight excluding hydrogens is 286 g/mol. The van der Waals surface area contributed by atoms with E-state index in [1.165, 1.54) is 0 Å². The minimum Gasteiger partial charge on any atom is -0.336 e. The van der Waals surface area contributed by atoms with Gasteiger partial charge >= 0.3 is 0 Å². The largest absolute Gasteiger partial charge is 0.336 e. The predicted octanol–water partition coefficient (Wildman–Crippen LogP) is 1.44. The molecule has 1 aliphatic heterocycles. The number of amides is 1. The molecule has 1 N–H and O–H groups in total. The number of piperazine rings is 1. The average Bonchev–Trinajstić information content (AvgIpc) is 3.08. The maximum Gasteiger partial charge on any atom is 0.257 e. The molecular formula is C14H19N5OS. The first kappa shape index (κ1) is 14.2. The minimum atomic E-state index is 0.0744. The van der Waals surface area contributed by atoms with Gasteiger partial charge in [-0.2, -0.15) is 5.10 Å². The Bertz CT molecular complexity index is 627. The summed E-state index contributed by atoms with van der Waals surface area (Å²) in [4.78, 5) is 21.1. The van der Waals surface area contributed by atoms with Crippen LogP contribution in [-0.2, 0) is 6.54 Å². The van der Waals surface area contributed by atoms with Gasteiger partial charge in [0.1, 0.15) is 0 Å². The van der Waals surface area contributed by atoms with E-state index in [9.17, 15) is 4.79 Å². The van der Waals surface area contributed by atoms with Crippen LogP contribution in [0.3, 0.4) is 0 Å². The van der Waals surface area contributed by atoms with E-state index < -0.39 is 0 Å². The molecule has 0 bridgehead atoms. The Kier molecular flexibility index (Phi) is 4.03. The number of carbonyl (C=O) groups excluding carboxylic acids is 1. The normalized spacial score (nSPS) is 16.4. The predicted molar refractivity (Wildman–Crippen MR) is 81.4 cm³/mol. The summed E-state index contributed by atoms with van der Waals surface area (Å²) in [5, 5.41) is 9.96. The Hall–Kier alpha value is -1.73. The first-order valence-corrected chi connectivity index (χ1v) is 7.94. The van der Waals surface area contributed by atoms with Gasteiger partial charge in [0.2, 0.25) is 0 Å². The van der Waals surface area contributed by atoms with E-state index in [1.807, 2.05) is 18.7 Å². The highest BCUT2D eigenvalue weighted by molar-refractivity contribution is 7.09. The van der Waals surface area contributed by atoms with E-state index in [1.54, 1.807) is 17.5 Å². The third kappa shape index (κ3) is 3.14. The number of thiazole rings is 1. The van der Waals surface area contributed by atoms with Gasteiger partial charge < -0.3 is 4.90 Å². The number of aromatic amines is 1. The number of hydrogen-bond acceptors (Lipinski definition) is 5. The zero-order valence-electron chi connectivity index (χ0n) is 12.3. The Morgan fingerprint density at radius 3 is 2.67 bits per heavy atom. The molecule has 112 valence electrons. The van der Waals surface area contributed by atoms with Gasteiger partial charge in [0.05, 0.1) is 22.5 Å². The molecule has 0 saturated carbocycles. The summed E-state index contributed by atoms with van der Waals surface area (Å²) >= 11 is 1.69. The molecule has 0 aromatic carbocycles. The molecule has 2 aromatic rings. The van der Waals surface area contributed by atoms with Gasteiger partial charge in [-0.15, -0.1) is 11.3 Å². The molecule has 3 heterocycles. The molecule has 2 aromatic heterocycles. The van der Waals surface area contributed by atoms with E-state index in [2.05, 4.69) is 25.5 Å². The molecule has 0 radical (unpaired) electrons. The molecule has 6 nitrogen and oxygen atoms in total. The Morgan fingerprint density at radius 1 is 1.33 bits per heavy atom. The Morgan fingerprint density at radius 2 is 2.10 bits per heavy atom. The summed E-state index contributed by atoms with van der Waals surface area (Å²) in [6.45, 7) is 8.06. The van der Waals surface area contributed by atoms with Crippen molar-refractivity contribution < 1.29 is 4.79 Å². The smallest absolute Gasteiger partial charge is 0.257 e. The van der Waals surface area contributed by atoms with Crippen LogP contribution in [0, 0.1) is 13.8 Å². The van der Waals surface area contributed by atoms with E-state index in [4.69, 9.17) is 0 Å². The fourth-order valence-electron chi connectivity index (χ4n) is 2.56. The number of aryl methyl sites for hydroxylation is 2. The van der Waals surface area contributed by atoms with Crippen molar-refractivity contribution in [3.8, 4) is 0 Å². The summed E-state index contributed by atoms with van der Waals surface area (Å²) in [5.74, 6) is 0.0744. The highest BCUT2D eigenvalue weighted by atomic mass is 32.1. The van der Waals surface area contributed by atoms with E-state index >= 15 is 0 Å². The number of H-pyrrole nitrogens is 1. The molecule has 0 atom stereocenters. The van der Waals surface area contributed by atoms with Crippen LogP contribution in [0.15, 0.2) is 11.6 Å². The highest BCUT2D eigenvalue weighted by Crippen LogP contribution is 2.14. The second kappa shape index (κ2) is 5.95. The third-order valence-electron chi connectivity index (χ3n) is 3.77. The van der Waals surface area contributed by atoms with E-state index in [-0.39, 0.29) is 5.91 Å². The van der Waals surface area contributed by atoms with Gasteiger partial charge in [-0.3, -0.25) is 14.8 Å². The van der Waals surface area contributed by atoms with Gasteiger partial charge in [0.15, 0.2) is 0 Å². The lowest BCUT2D eigenvalue weighted by Gasteiger charge is -2.34. The lowest BCUT2D eigenvalue weighted by atomic mass is 10.2. The first-order chi connectivity index (χ1) is 10.1. The molecule has 3 rings (SSSR count). The molecule has 1 amide bonds. The SMILES string of the molecule is Cc1nc(CN2CCN(C(=O)c3cn[nH]c3C)CC2)cs1. The molecule has 1 aliphatic rings. The zero-order valence-corrected chi connectivity index (χ0v) is 13.1. The van der Waals surface area contributed by atoms with Gasteiger partial charge in [-0.1, -0.05) is 0 Å². The molecule has 1 saturated heterocycles. The highest BCUT2D eigenvalue weighted by Gasteiger charge is 2.24. The minimum absolute atomic E-state index is 0.0744. The van der Waals surface area contributed by atoms with Crippen molar-refractivity contribution in [2.45, 2.75) is 20.4 Å². The standard InChI is InChI=1S/C14H19N5OS/c1-10-13(7-15-17-10)14(20)19-5-3-18(4-6-19)8-12-9-21-11(2)16-12/h7,9H,3-6,8H2,1-2H3,(H,15,17). The maximum absolute atomic E-state index is 12.4. The van der Waals surface area contributed by atoms with Crippen molar-refractivity contribution in [3.05, 3.63) is 33.5 Å². The van der Waals surface area contributed by atoms with Crippen LogP contribution < -0.4 is 0 Å². The van der Waals surface area contributed by atoms with Crippen LogP contribution in [0.25, 0.3) is 0 Å². The van der Waals surface area contributed by atoms with Crippen molar-refractivity contribution in [1.29, 1.82) is 0 Å². The number of aromatic nitrogens is 3. The molecule has 21 heavy (non-hydrogen) atoms. The van der Waals surface area contributed by atoms with Crippen LogP contribution in [0.5, 0.6) is 0 Å². The van der Waals surface area contributed by atoms with Crippen LogP contribution in [0.4, 0.5) is 0 Å². The Balaban J connectivity index is 1.55. The fourth-order valence-corrected chi connectivity index (χ4v) is 3.16. The van der Waals surface area contributed by atoms with Gasteiger partial charge in [-0.05, 0) is 13.8 Å². The topological polar surface area (TPSA) is 65.1 Å². The van der Waals surface area contributed by atoms with Crippen LogP contribution in [0.1, 0.15) is 26.8 Å². The monoisotopic (exact) mass is 305 g/mol. The lowest BCUT2D eigenvalue weighted by Crippen LogP contribution is -2.48. The number of carbonyl (C=O) groups is 1. The quantitative estimate of drug-likeness (QED) is 0.932. The summed E-state index contributed by atoms with van der Waals surface area (Å²) in [6.07, 6.45) is 1.61. The second-order valence-electron chi connectivity index (χ2n) is 5.33. The van der Waals surface area contributed by atoms with Gasteiger partial charge in [-0.25, -0.2) is 4.98 Å². The number of nitrogens with one attached hydrogen (secondary N) is 1. The number of nitrogens with zero attached hydrogens (tertiary/aromatic N) is 4. The van der Waals surface area contributed by atoms with E-state index in [0.717, 1.165) is 49.1 Å². The number of hydrogen-bond donors (Lipinski definition) is 1. The molecule has 0 unspecified atom stereocenters. The third-order valence-corrected chi connectivity index (χ3v) is 4.59. The van der Waals surface area contributed by atoms with Crippen molar-refractivity contribution >= 4 is 17.2 Å². The zero-order chi connectivity index (χ0) is 14.8. The molecule has 0 aliphatic carbocycles. The van der Waals surface area contributed by atoms with Gasteiger partial charge in [0.25, 0.3) is 5.91 Å². The lowest BCUT2D eigenvalue weighted by molar-refractivity contribution is 0.0626.